The molecule has 1 unspecified atom stereocenters. The third-order valence-corrected chi connectivity index (χ3v) is 6.34. The van der Waals surface area contributed by atoms with Crippen molar-refractivity contribution in [3.05, 3.63) is 15.8 Å². The lowest BCUT2D eigenvalue weighted by Crippen LogP contribution is -2.53. The third kappa shape index (κ3) is 3.07. The quantitative estimate of drug-likeness (QED) is 0.921. The van der Waals surface area contributed by atoms with Crippen LogP contribution in [0.15, 0.2) is 11.0 Å². The number of hydrogen-bond acceptors (Lipinski definition) is 5. The van der Waals surface area contributed by atoms with Gasteiger partial charge in [-0.3, -0.25) is 0 Å². The molecule has 20 heavy (non-hydrogen) atoms. The van der Waals surface area contributed by atoms with Gasteiger partial charge in [-0.25, -0.2) is 8.42 Å². The lowest BCUT2D eigenvalue weighted by Gasteiger charge is -2.40. The predicted octanol–water partition coefficient (Wildman–Crippen LogP) is 1.74. The molecule has 0 aromatic carbocycles. The highest BCUT2D eigenvalue weighted by atomic mass is 32.2. The van der Waals surface area contributed by atoms with Crippen molar-refractivity contribution in [1.29, 1.82) is 0 Å². The average molecular weight is 319 g/mol. The van der Waals surface area contributed by atoms with Crippen molar-refractivity contribution in [1.82, 2.24) is 4.31 Å². The van der Waals surface area contributed by atoms with Crippen LogP contribution in [0.2, 0.25) is 0 Å². The summed E-state index contributed by atoms with van der Waals surface area (Å²) >= 11 is 1.32. The third-order valence-electron chi connectivity index (χ3n) is 3.24. The first-order valence-electron chi connectivity index (χ1n) is 6.54. The molecule has 0 radical (unpaired) electrons. The molecule has 0 bridgehead atoms. The van der Waals surface area contributed by atoms with Crippen LogP contribution in [0, 0.1) is 6.92 Å². The van der Waals surface area contributed by atoms with Gasteiger partial charge in [-0.2, -0.15) is 4.31 Å². The van der Waals surface area contributed by atoms with Crippen LogP contribution in [0.4, 0.5) is 0 Å². The van der Waals surface area contributed by atoms with E-state index in [-0.39, 0.29) is 12.7 Å². The van der Waals surface area contributed by atoms with Crippen molar-refractivity contribution in [2.45, 2.75) is 50.9 Å². The maximum Gasteiger partial charge on any atom is 0.244 e. The molecule has 1 aliphatic rings. The highest BCUT2D eigenvalue weighted by Crippen LogP contribution is 2.31. The molecular weight excluding hydrogens is 298 g/mol. The first kappa shape index (κ1) is 15.9. The van der Waals surface area contributed by atoms with Gasteiger partial charge < -0.3 is 9.84 Å². The molecule has 0 amide bonds. The minimum atomic E-state index is -3.53. The van der Waals surface area contributed by atoms with Gasteiger partial charge in [0.05, 0.1) is 23.2 Å². The van der Waals surface area contributed by atoms with E-state index in [0.717, 1.165) is 0 Å². The molecule has 114 valence electrons. The van der Waals surface area contributed by atoms with E-state index in [4.69, 9.17) is 9.84 Å². The molecule has 1 aromatic rings. The number of hydrogen-bond donors (Lipinski definition) is 1. The number of ether oxygens (including phenoxy) is 1. The second kappa shape index (κ2) is 5.38. The first-order valence-corrected chi connectivity index (χ1v) is 8.79. The molecule has 7 heteroatoms. The summed E-state index contributed by atoms with van der Waals surface area (Å²) in [4.78, 5) is 1.68. The second-order valence-electron chi connectivity index (χ2n) is 5.78. The molecule has 1 atom stereocenters. The fourth-order valence-corrected chi connectivity index (χ4v) is 5.70. The summed E-state index contributed by atoms with van der Waals surface area (Å²) in [6.45, 7) is 8.00. The highest BCUT2D eigenvalue weighted by molar-refractivity contribution is 7.89. The molecule has 1 fully saturated rings. The Morgan fingerprint density at radius 1 is 1.55 bits per heavy atom. The van der Waals surface area contributed by atoms with Crippen LogP contribution < -0.4 is 0 Å². The number of aryl methyl sites for hydroxylation is 1. The predicted molar refractivity (Wildman–Crippen MR) is 78.4 cm³/mol. The Kier molecular flexibility index (Phi) is 4.28. The molecule has 0 aliphatic carbocycles. The molecule has 1 aromatic heterocycles. The van der Waals surface area contributed by atoms with Crippen LogP contribution in [0.1, 0.15) is 30.5 Å². The van der Waals surface area contributed by atoms with Gasteiger partial charge in [-0.05, 0) is 33.8 Å². The zero-order valence-corrected chi connectivity index (χ0v) is 13.8. The number of aliphatic hydroxyl groups is 1. The Balaban J connectivity index is 2.36. The summed E-state index contributed by atoms with van der Waals surface area (Å²) in [5, 5.41) is 9.16. The van der Waals surface area contributed by atoms with Gasteiger partial charge in [0.2, 0.25) is 10.0 Å². The summed E-state index contributed by atoms with van der Waals surface area (Å²) in [5.41, 5.74) is -0.492. The van der Waals surface area contributed by atoms with Crippen LogP contribution in [0.25, 0.3) is 0 Å². The molecule has 5 nitrogen and oxygen atoms in total. The number of thiophene rings is 1. The Bertz CT molecular complexity index is 592. The van der Waals surface area contributed by atoms with Crippen LogP contribution in [0.3, 0.4) is 0 Å². The van der Waals surface area contributed by atoms with Crippen molar-refractivity contribution < 1.29 is 18.3 Å². The molecule has 0 saturated carbocycles. The maximum absolute atomic E-state index is 12.8. The van der Waals surface area contributed by atoms with Crippen molar-refractivity contribution in [2.75, 3.05) is 13.1 Å². The number of aliphatic hydroxyl groups excluding tert-OH is 1. The van der Waals surface area contributed by atoms with Crippen LogP contribution in [-0.4, -0.2) is 42.6 Å². The van der Waals surface area contributed by atoms with Gasteiger partial charge in [0.25, 0.3) is 0 Å². The van der Waals surface area contributed by atoms with Gasteiger partial charge in [-0.1, -0.05) is 0 Å². The minimum Gasteiger partial charge on any atom is -0.391 e. The summed E-state index contributed by atoms with van der Waals surface area (Å²) in [6, 6.07) is 1.57. The maximum atomic E-state index is 12.8. The normalized spacial score (nSPS) is 23.9. The van der Waals surface area contributed by atoms with Crippen molar-refractivity contribution >= 4 is 21.4 Å². The molecule has 2 heterocycles. The summed E-state index contributed by atoms with van der Waals surface area (Å²) < 4.78 is 32.8. The number of nitrogens with zero attached hydrogens (tertiary/aromatic N) is 1. The SMILES string of the molecule is Cc1sc(CO)cc1S(=O)(=O)N1CC(C)OC(C)(C)C1. The van der Waals surface area contributed by atoms with Gasteiger partial charge in [0, 0.05) is 22.8 Å². The Hall–Kier alpha value is -0.470. The fraction of sp³-hybridized carbons (Fsp3) is 0.692. The van der Waals surface area contributed by atoms with Crippen molar-refractivity contribution in [2.24, 2.45) is 0 Å². The van der Waals surface area contributed by atoms with Crippen LogP contribution >= 0.6 is 11.3 Å². The topological polar surface area (TPSA) is 66.8 Å². The number of sulfonamides is 1. The Morgan fingerprint density at radius 2 is 2.20 bits per heavy atom. The van der Waals surface area contributed by atoms with Crippen LogP contribution in [-0.2, 0) is 21.4 Å². The zero-order valence-electron chi connectivity index (χ0n) is 12.2. The van der Waals surface area contributed by atoms with E-state index in [1.165, 1.54) is 15.6 Å². The van der Waals surface area contributed by atoms with E-state index >= 15 is 0 Å². The molecular formula is C13H21NO4S2. The van der Waals surface area contributed by atoms with E-state index in [1.54, 1.807) is 13.0 Å². The molecule has 0 spiro atoms. The first-order chi connectivity index (χ1) is 9.15. The largest absolute Gasteiger partial charge is 0.391 e. The summed E-state index contributed by atoms with van der Waals surface area (Å²) in [7, 11) is -3.53. The van der Waals surface area contributed by atoms with Gasteiger partial charge in [0.1, 0.15) is 0 Å². The second-order valence-corrected chi connectivity index (χ2v) is 9.02. The van der Waals surface area contributed by atoms with E-state index in [2.05, 4.69) is 0 Å². The van der Waals surface area contributed by atoms with Crippen LogP contribution in [0.5, 0.6) is 0 Å². The number of morpholine rings is 1. The van der Waals surface area contributed by atoms with E-state index in [1.807, 2.05) is 20.8 Å². The Morgan fingerprint density at radius 3 is 2.70 bits per heavy atom. The summed E-state index contributed by atoms with van der Waals surface area (Å²) in [5.74, 6) is 0. The zero-order chi connectivity index (χ0) is 15.1. The standard InChI is InChI=1S/C13H21NO4S2/c1-9-6-14(8-13(3,4)18-9)20(16,17)12-5-11(7-15)19-10(12)2/h5,9,15H,6-8H2,1-4H3. The Labute approximate surface area is 124 Å². The van der Waals surface area contributed by atoms with Crippen molar-refractivity contribution in [3.8, 4) is 0 Å². The fourth-order valence-electron chi connectivity index (χ4n) is 2.58. The summed E-state index contributed by atoms with van der Waals surface area (Å²) in [6.07, 6.45) is -0.134. The van der Waals surface area contributed by atoms with E-state index in [0.29, 0.717) is 27.7 Å². The average Bonchev–Trinajstić information content (AvgIpc) is 2.68. The minimum absolute atomic E-state index is 0.133. The smallest absolute Gasteiger partial charge is 0.244 e. The van der Waals surface area contributed by atoms with Gasteiger partial charge in [-0.15, -0.1) is 11.3 Å². The van der Waals surface area contributed by atoms with E-state index < -0.39 is 15.6 Å². The van der Waals surface area contributed by atoms with Crippen molar-refractivity contribution in [3.63, 3.8) is 0 Å². The number of rotatable bonds is 3. The molecule has 1 aliphatic heterocycles. The van der Waals surface area contributed by atoms with Gasteiger partial charge >= 0.3 is 0 Å². The lowest BCUT2D eigenvalue weighted by atomic mass is 10.1. The molecule has 1 saturated heterocycles. The monoisotopic (exact) mass is 319 g/mol. The van der Waals surface area contributed by atoms with E-state index in [9.17, 15) is 8.42 Å². The van der Waals surface area contributed by atoms with Gasteiger partial charge in [0.15, 0.2) is 0 Å². The lowest BCUT2D eigenvalue weighted by molar-refractivity contribution is -0.109. The molecule has 2 rings (SSSR count). The highest BCUT2D eigenvalue weighted by Gasteiger charge is 2.38. The molecule has 1 N–H and O–H groups in total.